The molecular weight excluding hydrogens is 264 g/mol. The Balaban J connectivity index is 2.53. The van der Waals surface area contributed by atoms with E-state index in [1.807, 2.05) is 0 Å². The van der Waals surface area contributed by atoms with Crippen molar-refractivity contribution in [2.24, 2.45) is 5.92 Å². The molecule has 0 saturated heterocycles. The van der Waals surface area contributed by atoms with Gasteiger partial charge in [-0.1, -0.05) is 26.0 Å². The smallest absolute Gasteiger partial charge is 0.493 e. The Labute approximate surface area is 117 Å². The van der Waals surface area contributed by atoms with E-state index in [4.69, 9.17) is 18.9 Å². The third-order valence-electron chi connectivity index (χ3n) is 2.28. The monoisotopic (exact) mass is 282 g/mol. The van der Waals surface area contributed by atoms with Crippen LogP contribution in [0.5, 0.6) is 11.5 Å². The average molecular weight is 282 g/mol. The maximum Gasteiger partial charge on any atom is 0.517 e. The molecule has 0 radical (unpaired) electrons. The molecule has 0 N–H and O–H groups in total. The predicted molar refractivity (Wildman–Crippen MR) is 70.5 cm³/mol. The molecule has 0 aromatic heterocycles. The van der Waals surface area contributed by atoms with Crippen molar-refractivity contribution >= 4 is 12.1 Å². The zero-order valence-electron chi connectivity index (χ0n) is 11.9. The van der Waals surface area contributed by atoms with Gasteiger partial charge in [-0.3, -0.25) is 4.79 Å². The van der Waals surface area contributed by atoms with E-state index in [1.54, 1.807) is 38.1 Å². The van der Waals surface area contributed by atoms with Crippen LogP contribution in [-0.4, -0.2) is 25.5 Å². The summed E-state index contributed by atoms with van der Waals surface area (Å²) >= 11 is 0. The largest absolute Gasteiger partial charge is 0.517 e. The lowest BCUT2D eigenvalue weighted by Gasteiger charge is -2.15. The van der Waals surface area contributed by atoms with E-state index in [-0.39, 0.29) is 11.7 Å². The van der Waals surface area contributed by atoms with Crippen LogP contribution in [0.25, 0.3) is 0 Å². The van der Waals surface area contributed by atoms with Gasteiger partial charge in [-0.05, 0) is 12.1 Å². The van der Waals surface area contributed by atoms with Crippen LogP contribution < -0.4 is 9.47 Å². The lowest BCUT2D eigenvalue weighted by atomic mass is 10.2. The fourth-order valence-corrected chi connectivity index (χ4v) is 1.28. The van der Waals surface area contributed by atoms with Gasteiger partial charge in [-0.15, -0.1) is 0 Å². The first-order valence-electron chi connectivity index (χ1n) is 6.16. The summed E-state index contributed by atoms with van der Waals surface area (Å²) < 4.78 is 19.7. The standard InChI is InChI=1S/C14H18O6/c1-9(2)13(15)18-10(3)19-14(16)20-12-8-6-5-7-11(12)17-4/h5-10H,1-4H3. The Kier molecular flexibility index (Phi) is 5.83. The van der Waals surface area contributed by atoms with Crippen LogP contribution in [0.2, 0.25) is 0 Å². The van der Waals surface area contributed by atoms with E-state index < -0.39 is 18.4 Å². The summed E-state index contributed by atoms with van der Waals surface area (Å²) in [6.45, 7) is 4.80. The molecule has 6 heteroatoms. The second-order valence-corrected chi connectivity index (χ2v) is 4.28. The molecule has 0 saturated carbocycles. The zero-order chi connectivity index (χ0) is 15.1. The first-order chi connectivity index (χ1) is 9.43. The van der Waals surface area contributed by atoms with E-state index in [9.17, 15) is 9.59 Å². The highest BCUT2D eigenvalue weighted by atomic mass is 16.8. The van der Waals surface area contributed by atoms with Crippen LogP contribution in [0.3, 0.4) is 0 Å². The number of carbonyl (C=O) groups excluding carboxylic acids is 2. The second kappa shape index (κ2) is 7.37. The van der Waals surface area contributed by atoms with Gasteiger partial charge in [0.05, 0.1) is 13.0 Å². The third-order valence-corrected chi connectivity index (χ3v) is 2.28. The summed E-state index contributed by atoms with van der Waals surface area (Å²) in [6.07, 6.45) is -1.99. The molecule has 0 spiro atoms. The van der Waals surface area contributed by atoms with Crippen LogP contribution >= 0.6 is 0 Å². The van der Waals surface area contributed by atoms with Crippen molar-refractivity contribution < 1.29 is 28.5 Å². The molecule has 0 aliphatic rings. The molecule has 0 aliphatic carbocycles. The van der Waals surface area contributed by atoms with Crippen LogP contribution in [0.15, 0.2) is 24.3 Å². The van der Waals surface area contributed by atoms with E-state index in [1.165, 1.54) is 14.0 Å². The van der Waals surface area contributed by atoms with Gasteiger partial charge in [0.1, 0.15) is 0 Å². The van der Waals surface area contributed by atoms with Crippen molar-refractivity contribution in [3.8, 4) is 11.5 Å². The van der Waals surface area contributed by atoms with Crippen molar-refractivity contribution in [1.29, 1.82) is 0 Å². The minimum Gasteiger partial charge on any atom is -0.493 e. The highest BCUT2D eigenvalue weighted by Crippen LogP contribution is 2.26. The fourth-order valence-electron chi connectivity index (χ4n) is 1.28. The number of benzene rings is 1. The third kappa shape index (κ3) is 4.79. The number of rotatable bonds is 5. The lowest BCUT2D eigenvalue weighted by Crippen LogP contribution is -2.25. The Hall–Kier alpha value is -2.24. The first-order valence-corrected chi connectivity index (χ1v) is 6.16. The summed E-state index contributed by atoms with van der Waals surface area (Å²) in [7, 11) is 1.46. The summed E-state index contributed by atoms with van der Waals surface area (Å²) in [5.41, 5.74) is 0. The molecule has 1 aromatic rings. The number of carbonyl (C=O) groups is 2. The zero-order valence-corrected chi connectivity index (χ0v) is 11.9. The number of hydrogen-bond acceptors (Lipinski definition) is 6. The number of para-hydroxylation sites is 2. The van der Waals surface area contributed by atoms with Gasteiger partial charge in [0.2, 0.25) is 6.29 Å². The van der Waals surface area contributed by atoms with Gasteiger partial charge in [0.15, 0.2) is 11.5 Å². The Morgan fingerprint density at radius 3 is 2.15 bits per heavy atom. The Morgan fingerprint density at radius 1 is 1.00 bits per heavy atom. The average Bonchev–Trinajstić information content (AvgIpc) is 2.38. The fraction of sp³-hybridized carbons (Fsp3) is 0.429. The molecule has 20 heavy (non-hydrogen) atoms. The number of ether oxygens (including phenoxy) is 4. The van der Waals surface area contributed by atoms with E-state index >= 15 is 0 Å². The molecule has 1 atom stereocenters. The highest BCUT2D eigenvalue weighted by molar-refractivity contribution is 5.72. The Bertz CT molecular complexity index is 468. The number of hydrogen-bond donors (Lipinski definition) is 0. The molecular formula is C14H18O6. The normalized spacial score (nSPS) is 11.7. The molecule has 1 unspecified atom stereocenters. The number of methoxy groups -OCH3 is 1. The van der Waals surface area contributed by atoms with Crippen LogP contribution in [0, 0.1) is 5.92 Å². The van der Waals surface area contributed by atoms with Gasteiger partial charge in [-0.2, -0.15) is 0 Å². The van der Waals surface area contributed by atoms with Crippen LogP contribution in [0.1, 0.15) is 20.8 Å². The summed E-state index contributed by atoms with van der Waals surface area (Å²) in [6, 6.07) is 6.63. The van der Waals surface area contributed by atoms with Crippen molar-refractivity contribution in [2.45, 2.75) is 27.1 Å². The van der Waals surface area contributed by atoms with Gasteiger partial charge in [0, 0.05) is 6.92 Å². The quantitative estimate of drug-likeness (QED) is 0.470. The summed E-state index contributed by atoms with van der Waals surface area (Å²) in [5, 5.41) is 0. The van der Waals surface area contributed by atoms with Crippen molar-refractivity contribution in [3.05, 3.63) is 24.3 Å². The van der Waals surface area contributed by atoms with Crippen molar-refractivity contribution in [1.82, 2.24) is 0 Å². The van der Waals surface area contributed by atoms with Crippen LogP contribution in [-0.2, 0) is 14.3 Å². The molecule has 0 fully saturated rings. The van der Waals surface area contributed by atoms with E-state index in [0.29, 0.717) is 5.75 Å². The molecule has 110 valence electrons. The van der Waals surface area contributed by atoms with Gasteiger partial charge in [0.25, 0.3) is 0 Å². The lowest BCUT2D eigenvalue weighted by molar-refractivity contribution is -0.170. The number of esters is 1. The minimum absolute atomic E-state index is 0.224. The van der Waals surface area contributed by atoms with Gasteiger partial charge < -0.3 is 18.9 Å². The first kappa shape index (κ1) is 15.8. The highest BCUT2D eigenvalue weighted by Gasteiger charge is 2.18. The molecule has 0 heterocycles. The molecule has 0 bridgehead atoms. The predicted octanol–water partition coefficient (Wildman–Crippen LogP) is 2.76. The second-order valence-electron chi connectivity index (χ2n) is 4.28. The van der Waals surface area contributed by atoms with Crippen molar-refractivity contribution in [3.63, 3.8) is 0 Å². The Morgan fingerprint density at radius 2 is 1.60 bits per heavy atom. The SMILES string of the molecule is COc1ccccc1OC(=O)OC(C)OC(=O)C(C)C. The molecule has 1 aromatic carbocycles. The molecule has 0 amide bonds. The minimum atomic E-state index is -1.02. The molecule has 0 aliphatic heterocycles. The van der Waals surface area contributed by atoms with Gasteiger partial charge >= 0.3 is 12.1 Å². The summed E-state index contributed by atoms with van der Waals surface area (Å²) in [4.78, 5) is 22.9. The van der Waals surface area contributed by atoms with Crippen molar-refractivity contribution in [2.75, 3.05) is 7.11 Å². The summed E-state index contributed by atoms with van der Waals surface area (Å²) in [5.74, 6) is -0.132. The molecule has 6 nitrogen and oxygen atoms in total. The topological polar surface area (TPSA) is 71.1 Å². The maximum absolute atomic E-state index is 11.6. The molecule has 1 rings (SSSR count). The van der Waals surface area contributed by atoms with E-state index in [2.05, 4.69) is 0 Å². The maximum atomic E-state index is 11.6. The van der Waals surface area contributed by atoms with Gasteiger partial charge in [-0.25, -0.2) is 4.79 Å². The van der Waals surface area contributed by atoms with Crippen LogP contribution in [0.4, 0.5) is 4.79 Å². The van der Waals surface area contributed by atoms with E-state index in [0.717, 1.165) is 0 Å².